The summed E-state index contributed by atoms with van der Waals surface area (Å²) >= 11 is 0. The minimum absolute atomic E-state index is 0.0627. The van der Waals surface area contributed by atoms with E-state index in [9.17, 15) is 4.79 Å². The van der Waals surface area contributed by atoms with E-state index in [1.54, 1.807) is 6.07 Å². The van der Waals surface area contributed by atoms with Crippen molar-refractivity contribution in [3.8, 4) is 0 Å². The monoisotopic (exact) mass is 194 g/mol. The molecule has 1 amide bonds. The van der Waals surface area contributed by atoms with Gasteiger partial charge in [-0.25, -0.2) is 0 Å². The molecule has 4 nitrogen and oxygen atoms in total. The van der Waals surface area contributed by atoms with Crippen LogP contribution in [0.2, 0.25) is 0 Å². The van der Waals surface area contributed by atoms with Gasteiger partial charge in [0.25, 0.3) is 5.91 Å². The zero-order valence-electron chi connectivity index (χ0n) is 8.19. The van der Waals surface area contributed by atoms with Gasteiger partial charge in [0.1, 0.15) is 6.26 Å². The number of carbonyl (C=O) groups is 1. The summed E-state index contributed by atoms with van der Waals surface area (Å²) in [5.41, 5.74) is 0.638. The lowest BCUT2D eigenvalue weighted by Crippen LogP contribution is -2.52. The van der Waals surface area contributed by atoms with Crippen LogP contribution in [0.4, 0.5) is 0 Å². The van der Waals surface area contributed by atoms with Crippen molar-refractivity contribution in [3.63, 3.8) is 0 Å². The average molecular weight is 194 g/mol. The van der Waals surface area contributed by atoms with Gasteiger partial charge in [0.15, 0.2) is 0 Å². The molecular formula is C10H14N2O2. The molecule has 1 atom stereocenters. The van der Waals surface area contributed by atoms with E-state index in [1.165, 1.54) is 12.5 Å². The Bertz CT molecular complexity index is 308. The molecule has 0 bridgehead atoms. The van der Waals surface area contributed by atoms with Crippen LogP contribution in [0.5, 0.6) is 0 Å². The van der Waals surface area contributed by atoms with E-state index in [1.807, 2.05) is 11.8 Å². The molecule has 2 heterocycles. The molecule has 0 saturated carbocycles. The van der Waals surface area contributed by atoms with Crippen molar-refractivity contribution in [2.75, 3.05) is 19.6 Å². The highest BCUT2D eigenvalue weighted by Crippen LogP contribution is 2.10. The van der Waals surface area contributed by atoms with Crippen LogP contribution in [0.1, 0.15) is 17.3 Å². The molecule has 4 heteroatoms. The minimum atomic E-state index is 0.0627. The summed E-state index contributed by atoms with van der Waals surface area (Å²) in [6.45, 7) is 4.55. The van der Waals surface area contributed by atoms with Gasteiger partial charge in [0, 0.05) is 25.7 Å². The second kappa shape index (κ2) is 3.84. The van der Waals surface area contributed by atoms with Gasteiger partial charge < -0.3 is 14.6 Å². The van der Waals surface area contributed by atoms with Crippen LogP contribution in [0.3, 0.4) is 0 Å². The fourth-order valence-electron chi connectivity index (χ4n) is 1.69. The first-order valence-corrected chi connectivity index (χ1v) is 4.83. The third-order valence-electron chi connectivity index (χ3n) is 2.53. The maximum absolute atomic E-state index is 11.9. The first-order valence-electron chi connectivity index (χ1n) is 4.83. The summed E-state index contributed by atoms with van der Waals surface area (Å²) in [5.74, 6) is 0.0627. The molecule has 0 aromatic carbocycles. The largest absolute Gasteiger partial charge is 0.472 e. The molecule has 1 N–H and O–H groups in total. The molecule has 0 spiro atoms. The van der Waals surface area contributed by atoms with Crippen molar-refractivity contribution in [2.45, 2.75) is 13.0 Å². The molecule has 1 aromatic rings. The van der Waals surface area contributed by atoms with Crippen LogP contribution in [0.25, 0.3) is 0 Å². The van der Waals surface area contributed by atoms with Crippen molar-refractivity contribution in [3.05, 3.63) is 24.2 Å². The van der Waals surface area contributed by atoms with E-state index in [0.29, 0.717) is 5.56 Å². The maximum Gasteiger partial charge on any atom is 0.257 e. The van der Waals surface area contributed by atoms with E-state index in [2.05, 4.69) is 5.32 Å². The van der Waals surface area contributed by atoms with Gasteiger partial charge in [0.2, 0.25) is 0 Å². The van der Waals surface area contributed by atoms with Crippen LogP contribution < -0.4 is 5.32 Å². The molecule has 0 aliphatic carbocycles. The lowest BCUT2D eigenvalue weighted by atomic mass is 10.2. The van der Waals surface area contributed by atoms with E-state index in [4.69, 9.17) is 4.42 Å². The third-order valence-corrected chi connectivity index (χ3v) is 2.53. The molecule has 1 fully saturated rings. The number of carbonyl (C=O) groups excluding carboxylic acids is 1. The first-order chi connectivity index (χ1) is 6.79. The van der Waals surface area contributed by atoms with Crippen LogP contribution in [0, 0.1) is 0 Å². The summed E-state index contributed by atoms with van der Waals surface area (Å²) < 4.78 is 4.90. The highest BCUT2D eigenvalue weighted by Gasteiger charge is 2.24. The van der Waals surface area contributed by atoms with E-state index in [0.717, 1.165) is 19.6 Å². The number of furan rings is 1. The summed E-state index contributed by atoms with van der Waals surface area (Å²) in [5, 5.41) is 3.25. The number of hydrogen-bond donors (Lipinski definition) is 1. The second-order valence-corrected chi connectivity index (χ2v) is 3.56. The zero-order valence-corrected chi connectivity index (χ0v) is 8.19. The summed E-state index contributed by atoms with van der Waals surface area (Å²) in [6, 6.07) is 1.96. The van der Waals surface area contributed by atoms with Gasteiger partial charge in [-0.2, -0.15) is 0 Å². The highest BCUT2D eigenvalue weighted by atomic mass is 16.3. The molecule has 1 unspecified atom stereocenters. The van der Waals surface area contributed by atoms with Crippen molar-refractivity contribution in [1.29, 1.82) is 0 Å². The normalized spacial score (nSPS) is 22.4. The molecule has 2 rings (SSSR count). The molecule has 14 heavy (non-hydrogen) atoms. The molecule has 1 aliphatic rings. The Balaban J connectivity index is 2.10. The van der Waals surface area contributed by atoms with Crippen LogP contribution >= 0.6 is 0 Å². The molecule has 1 saturated heterocycles. The average Bonchev–Trinajstić information content (AvgIpc) is 2.70. The number of nitrogens with zero attached hydrogens (tertiary/aromatic N) is 1. The quantitative estimate of drug-likeness (QED) is 0.716. The van der Waals surface area contributed by atoms with Crippen molar-refractivity contribution in [1.82, 2.24) is 10.2 Å². The van der Waals surface area contributed by atoms with Crippen molar-refractivity contribution < 1.29 is 9.21 Å². The number of nitrogens with one attached hydrogen (secondary N) is 1. The lowest BCUT2D eigenvalue weighted by Gasteiger charge is -2.33. The smallest absolute Gasteiger partial charge is 0.257 e. The van der Waals surface area contributed by atoms with Crippen LogP contribution in [0.15, 0.2) is 23.0 Å². The molecule has 1 aromatic heterocycles. The number of hydrogen-bond acceptors (Lipinski definition) is 3. The van der Waals surface area contributed by atoms with E-state index in [-0.39, 0.29) is 11.9 Å². The van der Waals surface area contributed by atoms with Gasteiger partial charge >= 0.3 is 0 Å². The van der Waals surface area contributed by atoms with Gasteiger partial charge in [-0.1, -0.05) is 0 Å². The standard InChI is InChI=1S/C10H14N2O2/c1-8-6-11-3-4-12(8)10(13)9-2-5-14-7-9/h2,5,7-8,11H,3-4,6H2,1H3. The zero-order chi connectivity index (χ0) is 9.97. The summed E-state index contributed by atoms with van der Waals surface area (Å²) in [7, 11) is 0. The van der Waals surface area contributed by atoms with E-state index >= 15 is 0 Å². The molecular weight excluding hydrogens is 180 g/mol. The lowest BCUT2D eigenvalue weighted by molar-refractivity contribution is 0.0655. The Hall–Kier alpha value is -1.29. The Kier molecular flexibility index (Phi) is 2.54. The molecule has 76 valence electrons. The van der Waals surface area contributed by atoms with Gasteiger partial charge in [0.05, 0.1) is 11.8 Å². The van der Waals surface area contributed by atoms with Gasteiger partial charge in [-0.15, -0.1) is 0 Å². The van der Waals surface area contributed by atoms with Crippen molar-refractivity contribution >= 4 is 5.91 Å². The minimum Gasteiger partial charge on any atom is -0.472 e. The van der Waals surface area contributed by atoms with Crippen molar-refractivity contribution in [2.24, 2.45) is 0 Å². The Morgan fingerprint density at radius 2 is 2.57 bits per heavy atom. The topological polar surface area (TPSA) is 45.5 Å². The predicted molar refractivity (Wildman–Crippen MR) is 52.1 cm³/mol. The number of piperazine rings is 1. The first kappa shape index (κ1) is 9.27. The SMILES string of the molecule is CC1CNCCN1C(=O)c1ccoc1. The molecule has 0 radical (unpaired) electrons. The Morgan fingerprint density at radius 1 is 1.71 bits per heavy atom. The fourth-order valence-corrected chi connectivity index (χ4v) is 1.69. The van der Waals surface area contributed by atoms with Gasteiger partial charge in [-0.05, 0) is 13.0 Å². The third kappa shape index (κ3) is 1.65. The number of rotatable bonds is 1. The maximum atomic E-state index is 11.9. The number of amides is 1. The Morgan fingerprint density at radius 3 is 3.21 bits per heavy atom. The van der Waals surface area contributed by atoms with Crippen LogP contribution in [-0.2, 0) is 0 Å². The highest BCUT2D eigenvalue weighted by molar-refractivity contribution is 5.94. The molecule has 1 aliphatic heterocycles. The van der Waals surface area contributed by atoms with E-state index < -0.39 is 0 Å². The Labute approximate surface area is 82.9 Å². The van der Waals surface area contributed by atoms with Gasteiger partial charge in [-0.3, -0.25) is 4.79 Å². The summed E-state index contributed by atoms with van der Waals surface area (Å²) in [6.07, 6.45) is 3.02. The summed E-state index contributed by atoms with van der Waals surface area (Å²) in [4.78, 5) is 13.8. The van der Waals surface area contributed by atoms with Crippen LogP contribution in [-0.4, -0.2) is 36.5 Å². The predicted octanol–water partition coefficient (Wildman–Crippen LogP) is 0.713. The fraction of sp³-hybridized carbons (Fsp3) is 0.500. The second-order valence-electron chi connectivity index (χ2n) is 3.56.